The lowest BCUT2D eigenvalue weighted by Crippen LogP contribution is -2.21. The smallest absolute Gasteiger partial charge is 0.0547 e. The van der Waals surface area contributed by atoms with E-state index in [-0.39, 0.29) is 16.3 Å². The lowest BCUT2D eigenvalue weighted by Gasteiger charge is -2.23. The summed E-state index contributed by atoms with van der Waals surface area (Å²) in [5.41, 5.74) is 2.66. The molecule has 2 atom stereocenters. The fraction of sp³-hybridized carbons (Fsp3) is 0.760. The number of ether oxygens (including phenoxy) is 1. The molecular weight excluding hydrogens is 316 g/mol. The highest BCUT2D eigenvalue weighted by Crippen LogP contribution is 2.27. The van der Waals surface area contributed by atoms with Crippen LogP contribution in [0, 0.1) is 31.6 Å². The van der Waals surface area contributed by atoms with Crippen LogP contribution >= 0.6 is 0 Å². The van der Waals surface area contributed by atoms with Crippen molar-refractivity contribution in [1.29, 1.82) is 0 Å². The van der Waals surface area contributed by atoms with Gasteiger partial charge in [-0.3, -0.25) is 0 Å². The first-order valence-corrected chi connectivity index (χ1v) is 10.0. The van der Waals surface area contributed by atoms with Crippen LogP contribution in [0.1, 0.15) is 93.6 Å². The van der Waals surface area contributed by atoms with Gasteiger partial charge in [-0.05, 0) is 51.4 Å². The predicted octanol–water partition coefficient (Wildman–Crippen LogP) is 8.48. The van der Waals surface area contributed by atoms with Gasteiger partial charge in [-0.1, -0.05) is 96.7 Å². The minimum absolute atomic E-state index is 0. The van der Waals surface area contributed by atoms with E-state index in [4.69, 9.17) is 4.74 Å². The second-order valence-corrected chi connectivity index (χ2v) is 8.35. The van der Waals surface area contributed by atoms with Gasteiger partial charge < -0.3 is 4.74 Å². The van der Waals surface area contributed by atoms with Crippen LogP contribution in [0.4, 0.5) is 0 Å². The molecule has 2 unspecified atom stereocenters. The lowest BCUT2D eigenvalue weighted by molar-refractivity contribution is 0.000267. The third-order valence-electron chi connectivity index (χ3n) is 5.25. The van der Waals surface area contributed by atoms with Crippen LogP contribution in [0.2, 0.25) is 0 Å². The Labute approximate surface area is 167 Å². The highest BCUT2D eigenvalue weighted by molar-refractivity contribution is 5.19. The Bertz CT molecular complexity index is 351. The molecule has 0 amide bonds. The van der Waals surface area contributed by atoms with Crippen LogP contribution in [0.25, 0.3) is 0 Å². The second kappa shape index (κ2) is 15.3. The third-order valence-corrected chi connectivity index (χ3v) is 5.25. The van der Waals surface area contributed by atoms with E-state index < -0.39 is 0 Å². The summed E-state index contributed by atoms with van der Waals surface area (Å²) < 4.78 is 5.39. The van der Waals surface area contributed by atoms with Gasteiger partial charge in [0.1, 0.15) is 0 Å². The van der Waals surface area contributed by atoms with Crippen molar-refractivity contribution in [1.82, 2.24) is 0 Å². The molecule has 0 N–H and O–H groups in total. The van der Waals surface area contributed by atoms with Crippen molar-refractivity contribution in [3.63, 3.8) is 0 Å². The van der Waals surface area contributed by atoms with Gasteiger partial charge in [0.2, 0.25) is 0 Å². The monoisotopic (exact) mass is 366 g/mol. The molecule has 1 saturated heterocycles. The maximum atomic E-state index is 5.39. The van der Waals surface area contributed by atoms with Crippen LogP contribution in [-0.4, -0.2) is 12.7 Å². The number of hydrogen-bond donors (Lipinski definition) is 0. The van der Waals surface area contributed by atoms with Gasteiger partial charge in [-0.25, -0.2) is 0 Å². The molecule has 2 fully saturated rings. The summed E-state index contributed by atoms with van der Waals surface area (Å²) in [5, 5.41) is 0. The summed E-state index contributed by atoms with van der Waals surface area (Å²) in [5.74, 6) is 2.84. The molecule has 1 aromatic carbocycles. The van der Waals surface area contributed by atoms with Crippen LogP contribution in [-0.2, 0) is 4.74 Å². The first-order chi connectivity index (χ1) is 11.4. The quantitative estimate of drug-likeness (QED) is 0.447. The Balaban J connectivity index is -0.000000303. The van der Waals surface area contributed by atoms with Crippen molar-refractivity contribution in [3.05, 3.63) is 35.4 Å². The predicted molar refractivity (Wildman–Crippen MR) is 122 cm³/mol. The number of aryl methyl sites for hydroxylation is 2. The van der Waals surface area contributed by atoms with Gasteiger partial charge in [0.25, 0.3) is 0 Å². The molecule has 26 heavy (non-hydrogen) atoms. The van der Waals surface area contributed by atoms with Gasteiger partial charge in [0.05, 0.1) is 6.10 Å². The molecule has 0 aromatic heterocycles. The topological polar surface area (TPSA) is 9.23 Å². The number of benzene rings is 1. The molecule has 1 heterocycles. The van der Waals surface area contributed by atoms with Crippen molar-refractivity contribution in [2.75, 3.05) is 6.61 Å². The SMILES string of the molecule is C.C.CC1CCC(C)CC1.CC1CCC(C)OC1.Cc1ccc(C)cc1.[HH]. The minimum atomic E-state index is 0. The average Bonchev–Trinajstić information content (AvgIpc) is 2.57. The average molecular weight is 367 g/mol. The molecule has 0 radical (unpaired) electrons. The maximum Gasteiger partial charge on any atom is 0.0547 e. The number of hydrogen-bond acceptors (Lipinski definition) is 1. The molecule has 0 spiro atoms. The van der Waals surface area contributed by atoms with Gasteiger partial charge in [0, 0.05) is 8.03 Å². The zero-order chi connectivity index (χ0) is 17.9. The normalized spacial score (nSPS) is 27.3. The molecule has 1 nitrogen and oxygen atoms in total. The Hall–Kier alpha value is -0.820. The largest absolute Gasteiger partial charge is 0.378 e. The summed E-state index contributed by atoms with van der Waals surface area (Å²) in [4.78, 5) is 0. The zero-order valence-corrected chi connectivity index (χ0v) is 17.0. The molecule has 1 saturated carbocycles. The molecule has 1 aliphatic carbocycles. The maximum absolute atomic E-state index is 5.39. The highest BCUT2D eigenvalue weighted by Gasteiger charge is 2.13. The van der Waals surface area contributed by atoms with E-state index in [2.05, 4.69) is 65.8 Å². The lowest BCUT2D eigenvalue weighted by atomic mass is 9.84. The van der Waals surface area contributed by atoms with E-state index >= 15 is 0 Å². The van der Waals surface area contributed by atoms with E-state index in [1.807, 2.05) is 0 Å². The zero-order valence-electron chi connectivity index (χ0n) is 17.0. The molecule has 1 heteroatoms. The first kappa shape index (κ1) is 27.4. The third kappa shape index (κ3) is 13.4. The standard InChI is InChI=1S/C8H16.C8H10.C7H14O.2CH4.H2/c2*1-7-3-5-8(2)6-4-7;1-6-3-4-7(2)8-5-6;;;/h7-8H,3-6H2,1-2H3;3-6H,1-2H3;6-7H,3-5H2,1-2H3;2*1H4;1H. The molecule has 1 aromatic rings. The van der Waals surface area contributed by atoms with Crippen LogP contribution < -0.4 is 0 Å². The highest BCUT2D eigenvalue weighted by atomic mass is 16.5. The van der Waals surface area contributed by atoms with Crippen LogP contribution in [0.3, 0.4) is 0 Å². The van der Waals surface area contributed by atoms with Gasteiger partial charge in [0.15, 0.2) is 0 Å². The molecule has 2 aliphatic rings. The van der Waals surface area contributed by atoms with Crippen LogP contribution in [0.15, 0.2) is 24.3 Å². The Morgan fingerprint density at radius 2 is 1.00 bits per heavy atom. The summed E-state index contributed by atoms with van der Waals surface area (Å²) in [6.07, 6.45) is 9.01. The fourth-order valence-electron chi connectivity index (χ4n) is 3.08. The van der Waals surface area contributed by atoms with E-state index in [0.717, 1.165) is 24.4 Å². The van der Waals surface area contributed by atoms with Gasteiger partial charge in [-0.2, -0.15) is 0 Å². The van der Waals surface area contributed by atoms with E-state index in [9.17, 15) is 0 Å². The Kier molecular flexibility index (Phi) is 16.1. The van der Waals surface area contributed by atoms with Crippen molar-refractivity contribution in [2.24, 2.45) is 17.8 Å². The van der Waals surface area contributed by atoms with Crippen LogP contribution in [0.5, 0.6) is 0 Å². The molecule has 156 valence electrons. The molecule has 3 rings (SSSR count). The Morgan fingerprint density at radius 1 is 0.654 bits per heavy atom. The van der Waals surface area contributed by atoms with E-state index in [1.165, 1.54) is 49.7 Å². The second-order valence-electron chi connectivity index (χ2n) is 8.35. The van der Waals surface area contributed by atoms with Crippen molar-refractivity contribution < 1.29 is 6.16 Å². The summed E-state index contributed by atoms with van der Waals surface area (Å²) in [6, 6.07) is 8.48. The van der Waals surface area contributed by atoms with Gasteiger partial charge >= 0.3 is 0 Å². The first-order valence-electron chi connectivity index (χ1n) is 10.0. The fourth-order valence-corrected chi connectivity index (χ4v) is 3.08. The van der Waals surface area contributed by atoms with E-state index in [1.54, 1.807) is 0 Å². The molecular formula is C25H50O. The van der Waals surface area contributed by atoms with E-state index in [0.29, 0.717) is 6.10 Å². The summed E-state index contributed by atoms with van der Waals surface area (Å²) in [7, 11) is 0. The van der Waals surface area contributed by atoms with Crippen molar-refractivity contribution in [3.8, 4) is 0 Å². The number of rotatable bonds is 0. The minimum Gasteiger partial charge on any atom is -0.378 e. The Morgan fingerprint density at radius 3 is 1.27 bits per heavy atom. The van der Waals surface area contributed by atoms with Gasteiger partial charge in [-0.15, -0.1) is 0 Å². The summed E-state index contributed by atoms with van der Waals surface area (Å²) >= 11 is 0. The summed E-state index contributed by atoms with van der Waals surface area (Å²) in [6.45, 7) is 14.3. The van der Waals surface area contributed by atoms with Crippen molar-refractivity contribution in [2.45, 2.75) is 101 Å². The molecule has 0 bridgehead atoms. The molecule has 1 aliphatic heterocycles. The van der Waals surface area contributed by atoms with Crippen molar-refractivity contribution >= 4 is 0 Å².